The van der Waals surface area contributed by atoms with Gasteiger partial charge < -0.3 is 14.5 Å². The molecule has 31 heavy (non-hydrogen) atoms. The fraction of sp³-hybridized carbons (Fsp3) is 0.478. The molecule has 2 heterocycles. The van der Waals surface area contributed by atoms with Gasteiger partial charge in [-0.05, 0) is 44.5 Å². The normalized spacial score (nSPS) is 15.9. The molecule has 166 valence electrons. The topological polar surface area (TPSA) is 78.9 Å². The third-order valence-corrected chi connectivity index (χ3v) is 5.52. The van der Waals surface area contributed by atoms with E-state index in [-0.39, 0.29) is 17.9 Å². The van der Waals surface area contributed by atoms with Crippen LogP contribution in [0.3, 0.4) is 0 Å². The first kappa shape index (κ1) is 22.7. The number of carbonyl (C=O) groups is 2. The van der Waals surface area contributed by atoms with Crippen molar-refractivity contribution in [3.05, 3.63) is 53.1 Å². The Labute approximate surface area is 183 Å². The van der Waals surface area contributed by atoms with Crippen molar-refractivity contribution in [2.75, 3.05) is 41.3 Å². The van der Waals surface area contributed by atoms with Crippen molar-refractivity contribution in [2.45, 2.75) is 32.4 Å². The number of likely N-dealkylation sites (N-methyl/N-ethyl adjacent to an activating group) is 1. The van der Waals surface area contributed by atoms with Crippen LogP contribution in [0, 0.1) is 6.92 Å². The number of hydrogen-bond donors (Lipinski definition) is 0. The van der Waals surface area contributed by atoms with Crippen LogP contribution in [0.2, 0.25) is 0 Å². The molecule has 1 aromatic carbocycles. The quantitative estimate of drug-likeness (QED) is 0.677. The van der Waals surface area contributed by atoms with Gasteiger partial charge in [0.2, 0.25) is 5.91 Å². The van der Waals surface area contributed by atoms with Gasteiger partial charge in [-0.1, -0.05) is 12.1 Å². The Hall–Kier alpha value is -3.00. The number of nitrogens with zero attached hydrogens (tertiary/aromatic N) is 5. The second-order valence-corrected chi connectivity index (χ2v) is 8.19. The molecular formula is C23H31N5O3. The highest BCUT2D eigenvalue weighted by atomic mass is 16.5. The van der Waals surface area contributed by atoms with Crippen LogP contribution in [0.25, 0.3) is 0 Å². The average molecular weight is 426 g/mol. The summed E-state index contributed by atoms with van der Waals surface area (Å²) < 4.78 is 5.19. The van der Waals surface area contributed by atoms with Crippen LogP contribution in [0.5, 0.6) is 5.75 Å². The van der Waals surface area contributed by atoms with E-state index in [1.165, 1.54) is 4.90 Å². The van der Waals surface area contributed by atoms with Crippen molar-refractivity contribution in [3.63, 3.8) is 0 Å². The summed E-state index contributed by atoms with van der Waals surface area (Å²) in [6, 6.07) is 7.71. The summed E-state index contributed by atoms with van der Waals surface area (Å²) in [7, 11) is 6.99. The molecule has 0 spiro atoms. The highest BCUT2D eigenvalue weighted by Gasteiger charge is 2.32. The Bertz CT molecular complexity index is 929. The van der Waals surface area contributed by atoms with Gasteiger partial charge in [-0.3, -0.25) is 14.5 Å². The summed E-state index contributed by atoms with van der Waals surface area (Å²) in [4.78, 5) is 39.7. The first-order chi connectivity index (χ1) is 14.8. The molecule has 0 radical (unpaired) electrons. The Morgan fingerprint density at radius 2 is 1.90 bits per heavy atom. The van der Waals surface area contributed by atoms with E-state index in [1.807, 2.05) is 48.0 Å². The van der Waals surface area contributed by atoms with Gasteiger partial charge in [0.1, 0.15) is 5.75 Å². The highest BCUT2D eigenvalue weighted by molar-refractivity contribution is 5.94. The number of aromatic nitrogens is 2. The van der Waals surface area contributed by atoms with E-state index in [0.29, 0.717) is 36.7 Å². The predicted octanol–water partition coefficient (Wildman–Crippen LogP) is 2.29. The lowest BCUT2D eigenvalue weighted by Crippen LogP contribution is -2.39. The number of rotatable bonds is 7. The maximum atomic E-state index is 13.0. The lowest BCUT2D eigenvalue weighted by atomic mass is 10.1. The van der Waals surface area contributed by atoms with Crippen molar-refractivity contribution < 1.29 is 14.3 Å². The van der Waals surface area contributed by atoms with Gasteiger partial charge in [0.15, 0.2) is 5.82 Å². The minimum absolute atomic E-state index is 0.0632. The van der Waals surface area contributed by atoms with Crippen molar-refractivity contribution in [3.8, 4) is 5.75 Å². The molecule has 0 bridgehead atoms. The van der Waals surface area contributed by atoms with Crippen LogP contribution in [0.4, 0.5) is 0 Å². The van der Waals surface area contributed by atoms with Crippen LogP contribution < -0.4 is 4.74 Å². The number of hydrogen-bond acceptors (Lipinski definition) is 6. The van der Waals surface area contributed by atoms with Gasteiger partial charge in [-0.15, -0.1) is 0 Å². The molecule has 1 saturated heterocycles. The average Bonchev–Trinajstić information content (AvgIpc) is 3.23. The summed E-state index contributed by atoms with van der Waals surface area (Å²) in [6.07, 6.45) is 3.32. The molecule has 1 unspecified atom stereocenters. The van der Waals surface area contributed by atoms with Crippen LogP contribution in [0.1, 0.15) is 46.3 Å². The van der Waals surface area contributed by atoms with Crippen molar-refractivity contribution in [1.82, 2.24) is 24.7 Å². The minimum Gasteiger partial charge on any atom is -0.497 e. The number of methoxy groups -OCH3 is 1. The maximum absolute atomic E-state index is 13.0. The van der Waals surface area contributed by atoms with E-state index >= 15 is 0 Å². The zero-order valence-corrected chi connectivity index (χ0v) is 19.0. The standard InChI is InChI=1S/C23H31N5O3/c1-16-19(23(30)26(2)3)13-24-22(25-16)20-7-6-12-28(20)21(29)15-27(4)14-17-8-10-18(31-5)11-9-17/h8-11,13,20H,6-7,12,14-15H2,1-5H3. The monoisotopic (exact) mass is 425 g/mol. The van der Waals surface area contributed by atoms with Gasteiger partial charge in [0, 0.05) is 33.4 Å². The molecule has 0 saturated carbocycles. The Kier molecular flexibility index (Phi) is 7.22. The molecule has 1 fully saturated rings. The van der Waals surface area contributed by atoms with Gasteiger partial charge in [0.25, 0.3) is 5.91 Å². The number of benzene rings is 1. The lowest BCUT2D eigenvalue weighted by Gasteiger charge is -2.26. The van der Waals surface area contributed by atoms with Gasteiger partial charge in [0.05, 0.1) is 31.0 Å². The fourth-order valence-corrected chi connectivity index (χ4v) is 3.85. The molecule has 0 aliphatic carbocycles. The molecule has 2 amide bonds. The minimum atomic E-state index is -0.149. The number of carbonyl (C=O) groups excluding carboxylic acids is 2. The fourth-order valence-electron chi connectivity index (χ4n) is 3.85. The summed E-state index contributed by atoms with van der Waals surface area (Å²) in [5.74, 6) is 1.37. The molecule has 0 N–H and O–H groups in total. The predicted molar refractivity (Wildman–Crippen MR) is 118 cm³/mol. The third kappa shape index (κ3) is 5.38. The zero-order valence-electron chi connectivity index (χ0n) is 19.0. The van der Waals surface area contributed by atoms with E-state index in [4.69, 9.17) is 4.74 Å². The van der Waals surface area contributed by atoms with Crippen molar-refractivity contribution in [2.24, 2.45) is 0 Å². The van der Waals surface area contributed by atoms with Crippen molar-refractivity contribution in [1.29, 1.82) is 0 Å². The van der Waals surface area contributed by atoms with E-state index in [9.17, 15) is 9.59 Å². The highest BCUT2D eigenvalue weighted by Crippen LogP contribution is 2.30. The summed E-state index contributed by atoms with van der Waals surface area (Å²) in [5.41, 5.74) is 2.25. The summed E-state index contributed by atoms with van der Waals surface area (Å²) >= 11 is 0. The first-order valence-corrected chi connectivity index (χ1v) is 10.5. The van der Waals surface area contributed by atoms with E-state index < -0.39 is 0 Å². The van der Waals surface area contributed by atoms with E-state index in [1.54, 1.807) is 27.4 Å². The molecule has 3 rings (SSSR count). The maximum Gasteiger partial charge on any atom is 0.256 e. The summed E-state index contributed by atoms with van der Waals surface area (Å²) in [6.45, 7) is 3.50. The molecule has 1 aromatic heterocycles. The van der Waals surface area contributed by atoms with Crippen molar-refractivity contribution >= 4 is 11.8 Å². The number of amides is 2. The van der Waals surface area contributed by atoms with Crippen LogP contribution in [-0.4, -0.2) is 77.8 Å². The number of ether oxygens (including phenoxy) is 1. The number of likely N-dealkylation sites (tertiary alicyclic amines) is 1. The molecule has 2 aromatic rings. The van der Waals surface area contributed by atoms with Gasteiger partial charge in [-0.2, -0.15) is 0 Å². The Balaban J connectivity index is 1.65. The number of aryl methyl sites for hydroxylation is 1. The molecule has 1 aliphatic heterocycles. The zero-order chi connectivity index (χ0) is 22.5. The third-order valence-electron chi connectivity index (χ3n) is 5.52. The molecule has 1 atom stereocenters. The van der Waals surface area contributed by atoms with Crippen LogP contribution in [0.15, 0.2) is 30.5 Å². The van der Waals surface area contributed by atoms with Crippen LogP contribution >= 0.6 is 0 Å². The summed E-state index contributed by atoms with van der Waals surface area (Å²) in [5, 5.41) is 0. The first-order valence-electron chi connectivity index (χ1n) is 10.5. The molecule has 8 nitrogen and oxygen atoms in total. The van der Waals surface area contributed by atoms with Gasteiger partial charge >= 0.3 is 0 Å². The molecular weight excluding hydrogens is 394 g/mol. The largest absolute Gasteiger partial charge is 0.497 e. The Morgan fingerprint density at radius 3 is 2.52 bits per heavy atom. The lowest BCUT2D eigenvalue weighted by molar-refractivity contribution is -0.133. The van der Waals surface area contributed by atoms with E-state index in [0.717, 1.165) is 24.2 Å². The second kappa shape index (κ2) is 9.87. The Morgan fingerprint density at radius 1 is 1.19 bits per heavy atom. The smallest absolute Gasteiger partial charge is 0.256 e. The van der Waals surface area contributed by atoms with Crippen LogP contribution in [-0.2, 0) is 11.3 Å². The SMILES string of the molecule is COc1ccc(CN(C)CC(=O)N2CCCC2c2ncc(C(=O)N(C)C)c(C)n2)cc1. The van der Waals surface area contributed by atoms with Gasteiger partial charge in [-0.25, -0.2) is 9.97 Å². The molecule has 8 heteroatoms. The van der Waals surface area contributed by atoms with E-state index in [2.05, 4.69) is 9.97 Å². The second-order valence-electron chi connectivity index (χ2n) is 8.19. The molecule has 1 aliphatic rings.